The molecule has 2 rings (SSSR count). The summed E-state index contributed by atoms with van der Waals surface area (Å²) < 4.78 is 5.00. The van der Waals surface area contributed by atoms with Crippen molar-refractivity contribution in [1.29, 1.82) is 0 Å². The van der Waals surface area contributed by atoms with Crippen molar-refractivity contribution >= 4 is 35.4 Å². The van der Waals surface area contributed by atoms with Crippen molar-refractivity contribution < 1.29 is 14.5 Å². The van der Waals surface area contributed by atoms with Gasteiger partial charge in [-0.2, -0.15) is 0 Å². The van der Waals surface area contributed by atoms with E-state index < -0.39 is 10.9 Å². The molecule has 0 aliphatic carbocycles. The molecule has 0 aromatic heterocycles. The Labute approximate surface area is 138 Å². The molecule has 6 heteroatoms. The number of carbonyl (C=O) groups excluding carboxylic acids is 1. The Balaban J connectivity index is 2.40. The minimum atomic E-state index is -0.479. The lowest BCUT2D eigenvalue weighted by atomic mass is 10.1. The first-order valence-corrected chi connectivity index (χ1v) is 7.29. The zero-order valence-electron chi connectivity index (χ0n) is 12.4. The van der Waals surface area contributed by atoms with Crippen LogP contribution in [0.3, 0.4) is 0 Å². The summed E-state index contributed by atoms with van der Waals surface area (Å²) in [6, 6.07) is 11.2. The fourth-order valence-corrected chi connectivity index (χ4v) is 2.22. The summed E-state index contributed by atoms with van der Waals surface area (Å²) >= 11 is 5.90. The summed E-state index contributed by atoms with van der Waals surface area (Å²) in [5, 5.41) is 11.5. The molecule has 2 aromatic rings. The Bertz CT molecular complexity index is 771. The Hall–Kier alpha value is -2.66. The molecule has 0 saturated heterocycles. The van der Waals surface area contributed by atoms with E-state index in [1.807, 2.05) is 0 Å². The second-order valence-electron chi connectivity index (χ2n) is 4.60. The van der Waals surface area contributed by atoms with Crippen LogP contribution in [0.1, 0.15) is 28.4 Å². The largest absolute Gasteiger partial charge is 0.462 e. The minimum absolute atomic E-state index is 0.0562. The Morgan fingerprint density at radius 2 is 1.91 bits per heavy atom. The van der Waals surface area contributed by atoms with Crippen LogP contribution in [0.2, 0.25) is 5.02 Å². The standard InChI is InChI=1S/C17H14ClNO4/c1-2-23-17(20)15-6-4-3-5-12(15)7-8-13-11-14(18)9-10-16(13)19(21)22/h3-11H,2H2,1H3/b8-7+. The Kier molecular flexibility index (Phi) is 5.49. The van der Waals surface area contributed by atoms with Crippen LogP contribution in [0.5, 0.6) is 0 Å². The van der Waals surface area contributed by atoms with Crippen LogP contribution in [0, 0.1) is 10.1 Å². The Morgan fingerprint density at radius 1 is 1.22 bits per heavy atom. The van der Waals surface area contributed by atoms with E-state index in [-0.39, 0.29) is 12.3 Å². The first-order chi connectivity index (χ1) is 11.0. The van der Waals surface area contributed by atoms with Gasteiger partial charge in [-0.05, 0) is 36.8 Å². The maximum Gasteiger partial charge on any atom is 0.338 e. The van der Waals surface area contributed by atoms with Crippen LogP contribution in [0.15, 0.2) is 42.5 Å². The highest BCUT2D eigenvalue weighted by atomic mass is 35.5. The molecular weight excluding hydrogens is 318 g/mol. The zero-order chi connectivity index (χ0) is 16.8. The molecule has 118 valence electrons. The normalized spacial score (nSPS) is 10.7. The van der Waals surface area contributed by atoms with Crippen molar-refractivity contribution in [2.75, 3.05) is 6.61 Å². The lowest BCUT2D eigenvalue weighted by Crippen LogP contribution is -2.06. The molecule has 0 aliphatic heterocycles. The van der Waals surface area contributed by atoms with Gasteiger partial charge in [0, 0.05) is 11.1 Å². The maximum atomic E-state index is 11.9. The number of hydrogen-bond donors (Lipinski definition) is 0. The number of esters is 1. The molecule has 0 fully saturated rings. The molecule has 0 saturated carbocycles. The molecule has 0 unspecified atom stereocenters. The van der Waals surface area contributed by atoms with Gasteiger partial charge in [0.25, 0.3) is 5.69 Å². The predicted molar refractivity (Wildman–Crippen MR) is 89.4 cm³/mol. The SMILES string of the molecule is CCOC(=O)c1ccccc1/C=C/c1cc(Cl)ccc1[N+](=O)[O-]. The second kappa shape index (κ2) is 7.56. The van der Waals surface area contributed by atoms with Crippen LogP contribution in [-0.4, -0.2) is 17.5 Å². The molecule has 0 atom stereocenters. The number of carbonyl (C=O) groups is 1. The highest BCUT2D eigenvalue weighted by Gasteiger charge is 2.13. The predicted octanol–water partition coefficient (Wildman–Crippen LogP) is 4.60. The Morgan fingerprint density at radius 3 is 2.61 bits per heavy atom. The van der Waals surface area contributed by atoms with E-state index in [0.29, 0.717) is 21.7 Å². The molecule has 23 heavy (non-hydrogen) atoms. The summed E-state index contributed by atoms with van der Waals surface area (Å²) in [5.41, 5.74) is 1.32. The summed E-state index contributed by atoms with van der Waals surface area (Å²) in [5.74, 6) is -0.437. The third kappa shape index (κ3) is 4.17. The van der Waals surface area contributed by atoms with Gasteiger partial charge in [0.05, 0.1) is 22.7 Å². The van der Waals surface area contributed by atoms with E-state index >= 15 is 0 Å². The molecule has 0 heterocycles. The lowest BCUT2D eigenvalue weighted by molar-refractivity contribution is -0.385. The zero-order valence-corrected chi connectivity index (χ0v) is 13.1. The van der Waals surface area contributed by atoms with Crippen molar-refractivity contribution in [2.24, 2.45) is 0 Å². The van der Waals surface area contributed by atoms with Gasteiger partial charge < -0.3 is 4.74 Å². The van der Waals surface area contributed by atoms with Gasteiger partial charge in [-0.1, -0.05) is 35.9 Å². The fourth-order valence-electron chi connectivity index (χ4n) is 2.04. The average Bonchev–Trinajstić information content (AvgIpc) is 2.53. The van der Waals surface area contributed by atoms with Gasteiger partial charge in [0.15, 0.2) is 0 Å². The highest BCUT2D eigenvalue weighted by Crippen LogP contribution is 2.25. The molecule has 0 N–H and O–H groups in total. The molecule has 2 aromatic carbocycles. The monoisotopic (exact) mass is 331 g/mol. The van der Waals surface area contributed by atoms with E-state index in [0.717, 1.165) is 0 Å². The summed E-state index contributed by atoms with van der Waals surface area (Å²) in [7, 11) is 0. The molecule has 0 aliphatic rings. The quantitative estimate of drug-likeness (QED) is 0.347. The molecule has 0 radical (unpaired) electrons. The van der Waals surface area contributed by atoms with E-state index in [4.69, 9.17) is 16.3 Å². The fraction of sp³-hybridized carbons (Fsp3) is 0.118. The van der Waals surface area contributed by atoms with Crippen LogP contribution < -0.4 is 0 Å². The van der Waals surface area contributed by atoms with Crippen molar-refractivity contribution in [2.45, 2.75) is 6.92 Å². The number of rotatable bonds is 5. The van der Waals surface area contributed by atoms with Gasteiger partial charge in [0.1, 0.15) is 0 Å². The molecule has 5 nitrogen and oxygen atoms in total. The summed E-state index contributed by atoms with van der Waals surface area (Å²) in [6.45, 7) is 2.00. The number of nitrogens with zero attached hydrogens (tertiary/aromatic N) is 1. The minimum Gasteiger partial charge on any atom is -0.462 e. The van der Waals surface area contributed by atoms with E-state index in [1.165, 1.54) is 18.2 Å². The van der Waals surface area contributed by atoms with Gasteiger partial charge in [-0.25, -0.2) is 4.79 Å². The summed E-state index contributed by atoms with van der Waals surface area (Å²) in [4.78, 5) is 22.5. The van der Waals surface area contributed by atoms with Crippen molar-refractivity contribution in [1.82, 2.24) is 0 Å². The summed E-state index contributed by atoms with van der Waals surface area (Å²) in [6.07, 6.45) is 3.19. The number of benzene rings is 2. The maximum absolute atomic E-state index is 11.9. The average molecular weight is 332 g/mol. The van der Waals surface area contributed by atoms with Crippen LogP contribution >= 0.6 is 11.6 Å². The van der Waals surface area contributed by atoms with Crippen LogP contribution in [0.4, 0.5) is 5.69 Å². The smallest absolute Gasteiger partial charge is 0.338 e. The van der Waals surface area contributed by atoms with E-state index in [2.05, 4.69) is 0 Å². The van der Waals surface area contributed by atoms with Gasteiger partial charge in [-0.15, -0.1) is 0 Å². The molecular formula is C17H14ClNO4. The molecule has 0 spiro atoms. The number of ether oxygens (including phenoxy) is 1. The van der Waals surface area contributed by atoms with E-state index in [9.17, 15) is 14.9 Å². The lowest BCUT2D eigenvalue weighted by Gasteiger charge is -2.05. The third-order valence-electron chi connectivity index (χ3n) is 3.08. The number of hydrogen-bond acceptors (Lipinski definition) is 4. The highest BCUT2D eigenvalue weighted by molar-refractivity contribution is 6.30. The first-order valence-electron chi connectivity index (χ1n) is 6.91. The topological polar surface area (TPSA) is 69.4 Å². The van der Waals surface area contributed by atoms with E-state index in [1.54, 1.807) is 43.3 Å². The van der Waals surface area contributed by atoms with Gasteiger partial charge >= 0.3 is 5.97 Å². The number of nitro benzene ring substituents is 1. The van der Waals surface area contributed by atoms with Crippen molar-refractivity contribution in [3.63, 3.8) is 0 Å². The molecule has 0 amide bonds. The first kappa shape index (κ1) is 16.7. The number of halogens is 1. The number of nitro groups is 1. The third-order valence-corrected chi connectivity index (χ3v) is 3.32. The van der Waals surface area contributed by atoms with Gasteiger partial charge in [0.2, 0.25) is 0 Å². The second-order valence-corrected chi connectivity index (χ2v) is 5.04. The van der Waals surface area contributed by atoms with Crippen LogP contribution in [-0.2, 0) is 4.74 Å². The van der Waals surface area contributed by atoms with Gasteiger partial charge in [-0.3, -0.25) is 10.1 Å². The van der Waals surface area contributed by atoms with Crippen molar-refractivity contribution in [3.8, 4) is 0 Å². The molecule has 0 bridgehead atoms. The van der Waals surface area contributed by atoms with Crippen LogP contribution in [0.25, 0.3) is 12.2 Å². The van der Waals surface area contributed by atoms with Crippen molar-refractivity contribution in [3.05, 3.63) is 74.3 Å².